The maximum absolute atomic E-state index is 13.1. The molecule has 0 aromatic carbocycles. The third-order valence-corrected chi connectivity index (χ3v) is 6.98. The molecule has 4 rings (SSSR count). The standard InChI is InChI=1S/C20H29N3O.2C2HF3O2/c24-19-20(9-14-23(19)16-17-3-1-4-17)7-2-12-22(13-8-20)15-18-5-10-21-11-6-18;2*3-2(4,5)1(6)7/h5-6,10-11,17H,1-4,7-9,12-16H2;2*(H,6,7). The number of carbonyl (C=O) groups is 3. The summed E-state index contributed by atoms with van der Waals surface area (Å²) in [7, 11) is 0. The number of carboxylic acid groups (broad SMARTS) is 2. The summed E-state index contributed by atoms with van der Waals surface area (Å²) < 4.78 is 63.5. The van der Waals surface area contributed by atoms with Crippen LogP contribution in [0.5, 0.6) is 0 Å². The van der Waals surface area contributed by atoms with E-state index in [1.54, 1.807) is 0 Å². The molecule has 2 N–H and O–H groups in total. The zero-order valence-corrected chi connectivity index (χ0v) is 20.6. The predicted octanol–water partition coefficient (Wildman–Crippen LogP) is 4.35. The van der Waals surface area contributed by atoms with Gasteiger partial charge in [0.15, 0.2) is 0 Å². The van der Waals surface area contributed by atoms with E-state index in [9.17, 15) is 31.1 Å². The van der Waals surface area contributed by atoms with Gasteiger partial charge in [0.1, 0.15) is 0 Å². The molecule has 8 nitrogen and oxygen atoms in total. The van der Waals surface area contributed by atoms with Crippen molar-refractivity contribution in [2.24, 2.45) is 11.3 Å². The van der Waals surface area contributed by atoms with Crippen LogP contribution >= 0.6 is 0 Å². The van der Waals surface area contributed by atoms with Crippen LogP contribution in [0.4, 0.5) is 26.3 Å². The fraction of sp³-hybridized carbons (Fsp3) is 0.667. The van der Waals surface area contributed by atoms with E-state index in [1.807, 2.05) is 12.4 Å². The molecule has 3 fully saturated rings. The van der Waals surface area contributed by atoms with Crippen molar-refractivity contribution in [3.8, 4) is 0 Å². The van der Waals surface area contributed by atoms with Gasteiger partial charge in [-0.2, -0.15) is 26.3 Å². The smallest absolute Gasteiger partial charge is 0.475 e. The highest BCUT2D eigenvalue weighted by Gasteiger charge is 2.47. The molecule has 3 heterocycles. The van der Waals surface area contributed by atoms with E-state index in [-0.39, 0.29) is 5.41 Å². The number of carbonyl (C=O) groups excluding carboxylic acids is 1. The number of hydrogen-bond acceptors (Lipinski definition) is 5. The zero-order valence-electron chi connectivity index (χ0n) is 20.6. The van der Waals surface area contributed by atoms with Gasteiger partial charge >= 0.3 is 24.3 Å². The van der Waals surface area contributed by atoms with E-state index in [2.05, 4.69) is 26.9 Å². The number of rotatable bonds is 4. The third kappa shape index (κ3) is 9.44. The highest BCUT2D eigenvalue weighted by Crippen LogP contribution is 2.42. The number of amides is 1. The molecule has 214 valence electrons. The lowest BCUT2D eigenvalue weighted by atomic mass is 9.79. The van der Waals surface area contributed by atoms with Gasteiger partial charge in [-0.25, -0.2) is 9.59 Å². The molecule has 0 bridgehead atoms. The van der Waals surface area contributed by atoms with E-state index < -0.39 is 24.3 Å². The normalized spacial score (nSPS) is 22.5. The lowest BCUT2D eigenvalue weighted by Crippen LogP contribution is -2.39. The average molecular weight is 556 g/mol. The van der Waals surface area contributed by atoms with Gasteiger partial charge in [-0.05, 0) is 75.2 Å². The van der Waals surface area contributed by atoms with Gasteiger partial charge in [-0.1, -0.05) is 6.42 Å². The molecule has 1 aromatic rings. The van der Waals surface area contributed by atoms with Gasteiger partial charge < -0.3 is 15.1 Å². The second kappa shape index (κ2) is 13.3. The summed E-state index contributed by atoms with van der Waals surface area (Å²) in [6, 6.07) is 4.20. The Morgan fingerprint density at radius 1 is 0.895 bits per heavy atom. The maximum Gasteiger partial charge on any atom is 0.490 e. The van der Waals surface area contributed by atoms with E-state index in [4.69, 9.17) is 19.8 Å². The van der Waals surface area contributed by atoms with Crippen LogP contribution in [0.1, 0.15) is 50.5 Å². The Bertz CT molecular complexity index is 916. The molecule has 1 aromatic heterocycles. The molecule has 0 radical (unpaired) electrons. The Morgan fingerprint density at radius 2 is 1.42 bits per heavy atom. The molecular formula is C24H31F6N3O5. The number of nitrogens with zero attached hydrogens (tertiary/aromatic N) is 3. The predicted molar refractivity (Wildman–Crippen MR) is 122 cm³/mol. The summed E-state index contributed by atoms with van der Waals surface area (Å²) in [5.74, 6) is -4.25. The molecule has 1 saturated carbocycles. The summed E-state index contributed by atoms with van der Waals surface area (Å²) in [5, 5.41) is 14.2. The number of pyridine rings is 1. The van der Waals surface area contributed by atoms with Crippen molar-refractivity contribution in [1.82, 2.24) is 14.8 Å². The average Bonchev–Trinajstić information content (AvgIpc) is 2.96. The van der Waals surface area contributed by atoms with Gasteiger partial charge in [-0.3, -0.25) is 14.7 Å². The Labute approximate surface area is 215 Å². The summed E-state index contributed by atoms with van der Waals surface area (Å²) in [5.41, 5.74) is 1.28. The summed E-state index contributed by atoms with van der Waals surface area (Å²) >= 11 is 0. The molecule has 38 heavy (non-hydrogen) atoms. The van der Waals surface area contributed by atoms with Crippen LogP contribution in [0.15, 0.2) is 24.5 Å². The van der Waals surface area contributed by atoms with Crippen LogP contribution < -0.4 is 0 Å². The van der Waals surface area contributed by atoms with Crippen LogP contribution in [0.2, 0.25) is 0 Å². The Balaban J connectivity index is 0.000000301. The minimum Gasteiger partial charge on any atom is -0.475 e. The monoisotopic (exact) mass is 555 g/mol. The van der Waals surface area contributed by atoms with Gasteiger partial charge in [0.25, 0.3) is 0 Å². The van der Waals surface area contributed by atoms with Crippen molar-refractivity contribution in [1.29, 1.82) is 0 Å². The molecule has 2 saturated heterocycles. The first kappa shape index (κ1) is 31.3. The van der Waals surface area contributed by atoms with Crippen molar-refractivity contribution in [2.45, 2.75) is 63.8 Å². The summed E-state index contributed by atoms with van der Waals surface area (Å²) in [6.45, 7) is 5.17. The fourth-order valence-electron chi connectivity index (χ4n) is 4.67. The Morgan fingerprint density at radius 3 is 1.89 bits per heavy atom. The van der Waals surface area contributed by atoms with Crippen molar-refractivity contribution in [2.75, 3.05) is 26.2 Å². The second-order valence-corrected chi connectivity index (χ2v) is 9.67. The molecule has 3 aliphatic rings. The first-order chi connectivity index (χ1) is 17.6. The number of carboxylic acids is 2. The van der Waals surface area contributed by atoms with Crippen LogP contribution in [0.3, 0.4) is 0 Å². The zero-order chi connectivity index (χ0) is 28.6. The number of aliphatic carboxylic acids is 2. The maximum atomic E-state index is 13.1. The summed E-state index contributed by atoms with van der Waals surface area (Å²) in [6.07, 6.45) is 1.95. The van der Waals surface area contributed by atoms with Gasteiger partial charge in [0.2, 0.25) is 5.91 Å². The van der Waals surface area contributed by atoms with Gasteiger partial charge in [-0.15, -0.1) is 0 Å². The fourth-order valence-corrected chi connectivity index (χ4v) is 4.67. The first-order valence-electron chi connectivity index (χ1n) is 12.1. The third-order valence-electron chi connectivity index (χ3n) is 6.98. The quantitative estimate of drug-likeness (QED) is 0.532. The van der Waals surface area contributed by atoms with Crippen molar-refractivity contribution >= 4 is 17.8 Å². The second-order valence-electron chi connectivity index (χ2n) is 9.67. The highest BCUT2D eigenvalue weighted by molar-refractivity contribution is 5.85. The van der Waals surface area contributed by atoms with Crippen LogP contribution in [-0.2, 0) is 20.9 Å². The van der Waals surface area contributed by atoms with E-state index in [0.29, 0.717) is 5.91 Å². The summed E-state index contributed by atoms with van der Waals surface area (Å²) in [4.78, 5) is 39.7. The molecule has 1 aliphatic carbocycles. The highest BCUT2D eigenvalue weighted by atomic mass is 19.4. The van der Waals surface area contributed by atoms with Crippen molar-refractivity contribution in [3.05, 3.63) is 30.1 Å². The number of hydrogen-bond donors (Lipinski definition) is 2. The number of halogens is 6. The molecule has 1 unspecified atom stereocenters. The van der Waals surface area contributed by atoms with Crippen molar-refractivity contribution in [3.63, 3.8) is 0 Å². The number of alkyl halides is 6. The van der Waals surface area contributed by atoms with E-state index in [0.717, 1.165) is 64.3 Å². The molecule has 14 heteroatoms. The molecule has 1 spiro atoms. The van der Waals surface area contributed by atoms with Crippen LogP contribution in [0, 0.1) is 11.3 Å². The molecule has 1 amide bonds. The number of likely N-dealkylation sites (tertiary alicyclic amines) is 2. The topological polar surface area (TPSA) is 111 Å². The van der Waals surface area contributed by atoms with Crippen molar-refractivity contribution < 1.29 is 50.9 Å². The SMILES string of the molecule is O=C(O)C(F)(F)F.O=C(O)C(F)(F)F.O=C1N(CC2CCC2)CCC12CCCN(Cc1ccncc1)CC2. The Kier molecular flexibility index (Phi) is 10.9. The van der Waals surface area contributed by atoms with E-state index >= 15 is 0 Å². The van der Waals surface area contributed by atoms with Crippen LogP contribution in [0.25, 0.3) is 0 Å². The largest absolute Gasteiger partial charge is 0.490 e. The lowest BCUT2D eigenvalue weighted by Gasteiger charge is -2.32. The van der Waals surface area contributed by atoms with Crippen LogP contribution in [-0.4, -0.2) is 81.4 Å². The van der Waals surface area contributed by atoms with Gasteiger partial charge in [0, 0.05) is 32.0 Å². The first-order valence-corrected chi connectivity index (χ1v) is 12.1. The minimum atomic E-state index is -5.08. The Hall–Kier alpha value is -2.90. The minimum absolute atomic E-state index is 0.0449. The lowest BCUT2D eigenvalue weighted by molar-refractivity contribution is -0.193. The molecule has 1 atom stereocenters. The van der Waals surface area contributed by atoms with Gasteiger partial charge in [0.05, 0.1) is 5.41 Å². The molecular weight excluding hydrogens is 524 g/mol. The van der Waals surface area contributed by atoms with E-state index in [1.165, 1.54) is 24.8 Å². The molecule has 2 aliphatic heterocycles. The number of aromatic nitrogens is 1.